The van der Waals surface area contributed by atoms with Crippen LogP contribution in [0.25, 0.3) is 0 Å². The number of alkyl halides is 2. The average molecular weight is 234 g/mol. The molecule has 2 unspecified atom stereocenters. The lowest BCUT2D eigenvalue weighted by Crippen LogP contribution is -2.57. The van der Waals surface area contributed by atoms with Gasteiger partial charge in [0.1, 0.15) is 0 Å². The predicted octanol–water partition coefficient (Wildman–Crippen LogP) is 3.98. The second-order valence-corrected chi connectivity index (χ2v) is 5.87. The van der Waals surface area contributed by atoms with Gasteiger partial charge in [0.25, 0.3) is 0 Å². The fourth-order valence-electron chi connectivity index (χ4n) is 3.21. The van der Waals surface area contributed by atoms with Gasteiger partial charge in [-0.3, -0.25) is 0 Å². The van der Waals surface area contributed by atoms with Crippen molar-refractivity contribution in [3.05, 3.63) is 0 Å². The molecule has 0 aromatic heterocycles. The van der Waals surface area contributed by atoms with Crippen LogP contribution >= 0.6 is 0 Å². The molecule has 3 heteroatoms. The first-order valence-corrected chi connectivity index (χ1v) is 6.15. The molecule has 1 nitrogen and oxygen atoms in total. The predicted molar refractivity (Wildman–Crippen MR) is 61.7 cm³/mol. The summed E-state index contributed by atoms with van der Waals surface area (Å²) in [6.07, 6.45) is -1.81. The Morgan fingerprint density at radius 2 is 1.62 bits per heavy atom. The lowest BCUT2D eigenvalue weighted by atomic mass is 9.52. The van der Waals surface area contributed by atoms with Crippen LogP contribution in [0.2, 0.25) is 0 Å². The van der Waals surface area contributed by atoms with Gasteiger partial charge in [0, 0.05) is 17.4 Å². The van der Waals surface area contributed by atoms with Crippen molar-refractivity contribution in [2.45, 2.75) is 47.5 Å². The van der Waals surface area contributed by atoms with E-state index in [-0.39, 0.29) is 11.8 Å². The van der Waals surface area contributed by atoms with E-state index >= 15 is 0 Å². The molecule has 0 aromatic carbocycles. The number of rotatable bonds is 3. The van der Waals surface area contributed by atoms with Crippen LogP contribution in [0, 0.1) is 22.7 Å². The summed E-state index contributed by atoms with van der Waals surface area (Å²) >= 11 is 0. The third kappa shape index (κ3) is 1.77. The van der Waals surface area contributed by atoms with Crippen LogP contribution in [-0.4, -0.2) is 19.6 Å². The van der Waals surface area contributed by atoms with E-state index in [0.717, 1.165) is 0 Å². The maximum Gasteiger partial charge on any atom is 0.245 e. The van der Waals surface area contributed by atoms with Crippen molar-refractivity contribution in [3.63, 3.8) is 0 Å². The Bertz CT molecular complexity index is 230. The van der Waals surface area contributed by atoms with Crippen LogP contribution in [-0.2, 0) is 4.74 Å². The Morgan fingerprint density at radius 3 is 1.94 bits per heavy atom. The zero-order valence-electron chi connectivity index (χ0n) is 11.0. The van der Waals surface area contributed by atoms with E-state index in [1.807, 2.05) is 34.6 Å². The molecule has 0 radical (unpaired) electrons. The van der Waals surface area contributed by atoms with E-state index in [2.05, 4.69) is 0 Å². The quantitative estimate of drug-likeness (QED) is 0.717. The molecule has 0 N–H and O–H groups in total. The standard InChI is InChI=1S/C13H24F2O/c1-9(2)12(5)8-16-7-6-13(12,10(3)4)11(14)15/h9-11H,6-8H2,1-5H3. The fourth-order valence-corrected chi connectivity index (χ4v) is 3.21. The number of hydrogen-bond acceptors (Lipinski definition) is 1. The normalized spacial score (nSPS) is 36.4. The minimum atomic E-state index is -2.27. The lowest BCUT2D eigenvalue weighted by Gasteiger charge is -2.55. The smallest absolute Gasteiger partial charge is 0.245 e. The van der Waals surface area contributed by atoms with E-state index in [9.17, 15) is 8.78 Å². The second kappa shape index (κ2) is 4.59. The SMILES string of the molecule is CC(C)C1(C)COCCC1(C(C)C)C(F)F. The highest BCUT2D eigenvalue weighted by atomic mass is 19.3. The van der Waals surface area contributed by atoms with Crippen molar-refractivity contribution >= 4 is 0 Å². The first-order valence-electron chi connectivity index (χ1n) is 6.15. The van der Waals surface area contributed by atoms with Gasteiger partial charge >= 0.3 is 0 Å². The Labute approximate surface area is 97.6 Å². The van der Waals surface area contributed by atoms with Crippen molar-refractivity contribution in [2.24, 2.45) is 22.7 Å². The Hall–Kier alpha value is -0.180. The molecule has 96 valence electrons. The van der Waals surface area contributed by atoms with Gasteiger partial charge in [-0.1, -0.05) is 34.6 Å². The third-order valence-corrected chi connectivity index (χ3v) is 4.82. The third-order valence-electron chi connectivity index (χ3n) is 4.82. The topological polar surface area (TPSA) is 9.23 Å². The van der Waals surface area contributed by atoms with Crippen LogP contribution in [0.4, 0.5) is 8.78 Å². The molecule has 0 aliphatic carbocycles. The highest BCUT2D eigenvalue weighted by molar-refractivity contribution is 5.02. The molecule has 0 spiro atoms. The number of ether oxygens (including phenoxy) is 1. The van der Waals surface area contributed by atoms with Crippen molar-refractivity contribution < 1.29 is 13.5 Å². The summed E-state index contributed by atoms with van der Waals surface area (Å²) in [6.45, 7) is 10.7. The van der Waals surface area contributed by atoms with Gasteiger partial charge in [-0.2, -0.15) is 0 Å². The second-order valence-electron chi connectivity index (χ2n) is 5.87. The summed E-state index contributed by atoms with van der Waals surface area (Å²) in [5, 5.41) is 0. The van der Waals surface area contributed by atoms with E-state index in [0.29, 0.717) is 19.6 Å². The molecule has 1 fully saturated rings. The van der Waals surface area contributed by atoms with Gasteiger partial charge in [0.15, 0.2) is 0 Å². The van der Waals surface area contributed by atoms with Crippen molar-refractivity contribution in [3.8, 4) is 0 Å². The molecule has 1 aliphatic rings. The molecule has 0 aromatic rings. The summed E-state index contributed by atoms with van der Waals surface area (Å²) in [5.74, 6) is 0.174. The van der Waals surface area contributed by atoms with Crippen LogP contribution in [0.15, 0.2) is 0 Å². The van der Waals surface area contributed by atoms with Crippen molar-refractivity contribution in [1.82, 2.24) is 0 Å². The van der Waals surface area contributed by atoms with Crippen molar-refractivity contribution in [1.29, 1.82) is 0 Å². The maximum atomic E-state index is 13.6. The van der Waals surface area contributed by atoms with Crippen LogP contribution in [0.3, 0.4) is 0 Å². The molecule has 16 heavy (non-hydrogen) atoms. The molecule has 1 aliphatic heterocycles. The zero-order chi connectivity index (χ0) is 12.6. The van der Waals surface area contributed by atoms with Gasteiger partial charge in [-0.15, -0.1) is 0 Å². The van der Waals surface area contributed by atoms with E-state index in [1.165, 1.54) is 0 Å². The van der Waals surface area contributed by atoms with E-state index in [1.54, 1.807) is 0 Å². The summed E-state index contributed by atoms with van der Waals surface area (Å²) in [6, 6.07) is 0. The summed E-state index contributed by atoms with van der Waals surface area (Å²) in [5.41, 5.74) is -1.34. The molecule has 1 rings (SSSR count). The lowest BCUT2D eigenvalue weighted by molar-refractivity contribution is -0.210. The van der Waals surface area contributed by atoms with Gasteiger partial charge < -0.3 is 4.74 Å². The fraction of sp³-hybridized carbons (Fsp3) is 1.00. The molecule has 0 saturated carbocycles. The summed E-state index contributed by atoms with van der Waals surface area (Å²) in [4.78, 5) is 0. The first-order chi connectivity index (χ1) is 7.29. The van der Waals surface area contributed by atoms with Gasteiger partial charge in [-0.25, -0.2) is 8.78 Å². The Kier molecular flexibility index (Phi) is 3.99. The molecule has 2 atom stereocenters. The van der Waals surface area contributed by atoms with Crippen LogP contribution in [0.1, 0.15) is 41.0 Å². The molecule has 1 saturated heterocycles. The minimum absolute atomic E-state index is 0.0243. The van der Waals surface area contributed by atoms with Crippen molar-refractivity contribution in [2.75, 3.05) is 13.2 Å². The monoisotopic (exact) mass is 234 g/mol. The van der Waals surface area contributed by atoms with Gasteiger partial charge in [-0.05, 0) is 18.3 Å². The molecular weight excluding hydrogens is 210 g/mol. The molecule has 0 amide bonds. The zero-order valence-corrected chi connectivity index (χ0v) is 11.0. The van der Waals surface area contributed by atoms with E-state index < -0.39 is 17.3 Å². The highest BCUT2D eigenvalue weighted by Gasteiger charge is 2.58. The Balaban J connectivity index is 3.20. The average Bonchev–Trinajstić information content (AvgIpc) is 2.17. The number of halogens is 2. The molecular formula is C13H24F2O. The van der Waals surface area contributed by atoms with E-state index in [4.69, 9.17) is 4.74 Å². The minimum Gasteiger partial charge on any atom is -0.381 e. The first kappa shape index (κ1) is 13.9. The van der Waals surface area contributed by atoms with Gasteiger partial charge in [0.2, 0.25) is 6.43 Å². The highest BCUT2D eigenvalue weighted by Crippen LogP contribution is 2.57. The molecule has 1 heterocycles. The number of hydrogen-bond donors (Lipinski definition) is 0. The Morgan fingerprint density at radius 1 is 1.06 bits per heavy atom. The summed E-state index contributed by atoms with van der Waals surface area (Å²) in [7, 11) is 0. The summed E-state index contributed by atoms with van der Waals surface area (Å²) < 4.78 is 32.7. The van der Waals surface area contributed by atoms with Gasteiger partial charge in [0.05, 0.1) is 6.61 Å². The van der Waals surface area contributed by atoms with Crippen LogP contribution in [0.5, 0.6) is 0 Å². The van der Waals surface area contributed by atoms with Crippen LogP contribution < -0.4 is 0 Å². The maximum absolute atomic E-state index is 13.6. The molecule has 0 bridgehead atoms. The largest absolute Gasteiger partial charge is 0.381 e.